The first-order valence-corrected chi connectivity index (χ1v) is 10.5. The third-order valence-corrected chi connectivity index (χ3v) is 6.38. The van der Waals surface area contributed by atoms with Crippen LogP contribution in [0, 0.1) is 0 Å². The van der Waals surface area contributed by atoms with Crippen molar-refractivity contribution < 1.29 is 9.53 Å². The Kier molecular flexibility index (Phi) is 6.02. The summed E-state index contributed by atoms with van der Waals surface area (Å²) in [7, 11) is 0. The molecule has 2 aliphatic heterocycles. The van der Waals surface area contributed by atoms with Crippen LogP contribution in [0.15, 0.2) is 60.8 Å². The molecule has 2 fully saturated rings. The number of nitrogens with one attached hydrogen (secondary N) is 2. The molecule has 3 heterocycles. The van der Waals surface area contributed by atoms with Gasteiger partial charge in [0.2, 0.25) is 0 Å². The van der Waals surface area contributed by atoms with Crippen molar-refractivity contribution in [3.05, 3.63) is 71.9 Å². The third kappa shape index (κ3) is 4.05. The van der Waals surface area contributed by atoms with Crippen LogP contribution in [-0.2, 0) is 11.2 Å². The fraction of sp³-hybridized carbons (Fsp3) is 0.375. The summed E-state index contributed by atoms with van der Waals surface area (Å²) in [5, 5.41) is 4.60. The van der Waals surface area contributed by atoms with Crippen molar-refractivity contribution in [3.8, 4) is 0 Å². The molecule has 5 rings (SSSR count). The Bertz CT molecular complexity index is 998. The van der Waals surface area contributed by atoms with Crippen LogP contribution < -0.4 is 5.32 Å². The van der Waals surface area contributed by atoms with Gasteiger partial charge in [-0.3, -0.25) is 0 Å². The molecular formula is C24H28ClN3O2. The fourth-order valence-corrected chi connectivity index (χ4v) is 4.85. The van der Waals surface area contributed by atoms with Crippen molar-refractivity contribution in [1.29, 1.82) is 0 Å². The predicted octanol–water partition coefficient (Wildman–Crippen LogP) is 4.49. The number of nitrogens with zero attached hydrogens (tertiary/aromatic N) is 1. The van der Waals surface area contributed by atoms with Crippen LogP contribution in [0.3, 0.4) is 0 Å². The van der Waals surface area contributed by atoms with E-state index in [-0.39, 0.29) is 30.0 Å². The predicted molar refractivity (Wildman–Crippen MR) is 121 cm³/mol. The number of benzene rings is 2. The van der Waals surface area contributed by atoms with Gasteiger partial charge in [-0.05, 0) is 36.7 Å². The monoisotopic (exact) mass is 425 g/mol. The first-order valence-electron chi connectivity index (χ1n) is 10.5. The van der Waals surface area contributed by atoms with Gasteiger partial charge in [0.1, 0.15) is 5.60 Å². The molecule has 6 heteroatoms. The number of aromatic amines is 1. The molecule has 2 N–H and O–H groups in total. The minimum Gasteiger partial charge on any atom is -0.441 e. The summed E-state index contributed by atoms with van der Waals surface area (Å²) in [5.41, 5.74) is 3.38. The van der Waals surface area contributed by atoms with Crippen molar-refractivity contribution in [2.24, 2.45) is 0 Å². The summed E-state index contributed by atoms with van der Waals surface area (Å²) in [6, 6.07) is 18.9. The molecule has 1 spiro atoms. The Morgan fingerprint density at radius 3 is 2.57 bits per heavy atom. The van der Waals surface area contributed by atoms with E-state index in [1.165, 1.54) is 16.5 Å². The SMILES string of the molecule is Cl.O=C1OC2(CCNCC2)CN1CC(Cc1ccccc1)c1c[nH]c2ccccc12. The van der Waals surface area contributed by atoms with Gasteiger partial charge in [0, 0.05) is 42.4 Å². The second-order valence-corrected chi connectivity index (χ2v) is 8.36. The highest BCUT2D eigenvalue weighted by atomic mass is 35.5. The number of aromatic nitrogens is 1. The number of hydrogen-bond donors (Lipinski definition) is 2. The number of fused-ring (bicyclic) bond motifs is 1. The quantitative estimate of drug-likeness (QED) is 0.633. The molecule has 0 saturated carbocycles. The molecule has 158 valence electrons. The number of piperidine rings is 1. The fourth-order valence-electron chi connectivity index (χ4n) is 4.85. The van der Waals surface area contributed by atoms with Crippen molar-refractivity contribution in [2.75, 3.05) is 26.2 Å². The normalized spacial score (nSPS) is 18.9. The zero-order valence-corrected chi connectivity index (χ0v) is 17.8. The average molecular weight is 426 g/mol. The first-order chi connectivity index (χ1) is 14.2. The average Bonchev–Trinajstić information content (AvgIpc) is 3.30. The van der Waals surface area contributed by atoms with E-state index in [2.05, 4.69) is 59.0 Å². The molecule has 0 aliphatic carbocycles. The molecule has 2 aliphatic rings. The van der Waals surface area contributed by atoms with E-state index in [9.17, 15) is 4.79 Å². The molecule has 1 unspecified atom stereocenters. The maximum atomic E-state index is 12.7. The number of hydrogen-bond acceptors (Lipinski definition) is 3. The number of para-hydroxylation sites is 1. The molecule has 5 nitrogen and oxygen atoms in total. The summed E-state index contributed by atoms with van der Waals surface area (Å²) in [5.74, 6) is 0.206. The van der Waals surface area contributed by atoms with Gasteiger partial charge >= 0.3 is 6.09 Å². The number of halogens is 1. The van der Waals surface area contributed by atoms with Gasteiger partial charge in [0.25, 0.3) is 0 Å². The Morgan fingerprint density at radius 2 is 1.77 bits per heavy atom. The van der Waals surface area contributed by atoms with Crippen molar-refractivity contribution in [2.45, 2.75) is 30.8 Å². The first kappa shape index (κ1) is 20.8. The summed E-state index contributed by atoms with van der Waals surface area (Å²) >= 11 is 0. The van der Waals surface area contributed by atoms with Crippen LogP contribution in [0.4, 0.5) is 4.79 Å². The van der Waals surface area contributed by atoms with Crippen LogP contribution in [0.1, 0.15) is 29.9 Å². The summed E-state index contributed by atoms with van der Waals surface area (Å²) in [4.78, 5) is 18.1. The van der Waals surface area contributed by atoms with E-state index < -0.39 is 0 Å². The van der Waals surface area contributed by atoms with Gasteiger partial charge in [-0.1, -0.05) is 48.5 Å². The highest BCUT2D eigenvalue weighted by Gasteiger charge is 2.46. The Hall–Kier alpha value is -2.50. The van der Waals surface area contributed by atoms with E-state index in [1.807, 2.05) is 17.0 Å². The molecular weight excluding hydrogens is 398 g/mol. The minimum atomic E-state index is -0.306. The largest absolute Gasteiger partial charge is 0.441 e. The lowest BCUT2D eigenvalue weighted by atomic mass is 9.89. The van der Waals surface area contributed by atoms with Gasteiger partial charge in [0.05, 0.1) is 6.54 Å². The maximum Gasteiger partial charge on any atom is 0.410 e. The van der Waals surface area contributed by atoms with E-state index >= 15 is 0 Å². The molecule has 30 heavy (non-hydrogen) atoms. The highest BCUT2D eigenvalue weighted by molar-refractivity contribution is 5.85. The van der Waals surface area contributed by atoms with Crippen LogP contribution in [0.5, 0.6) is 0 Å². The molecule has 2 aromatic carbocycles. The van der Waals surface area contributed by atoms with E-state index in [4.69, 9.17) is 4.74 Å². The number of ether oxygens (including phenoxy) is 1. The topological polar surface area (TPSA) is 57.4 Å². The van der Waals surface area contributed by atoms with Crippen LogP contribution >= 0.6 is 12.4 Å². The number of amides is 1. The summed E-state index contributed by atoms with van der Waals surface area (Å²) < 4.78 is 5.90. The third-order valence-electron chi connectivity index (χ3n) is 6.38. The van der Waals surface area contributed by atoms with Gasteiger partial charge < -0.3 is 19.9 Å². The molecule has 1 atom stereocenters. The van der Waals surface area contributed by atoms with Crippen LogP contribution in [-0.4, -0.2) is 47.8 Å². The Morgan fingerprint density at radius 1 is 1.03 bits per heavy atom. The number of carbonyl (C=O) groups excluding carboxylic acids is 1. The minimum absolute atomic E-state index is 0. The maximum absolute atomic E-state index is 12.7. The smallest absolute Gasteiger partial charge is 0.410 e. The Balaban J connectivity index is 0.00000218. The molecule has 0 radical (unpaired) electrons. The van der Waals surface area contributed by atoms with Crippen molar-refractivity contribution >= 4 is 29.4 Å². The van der Waals surface area contributed by atoms with Crippen LogP contribution in [0.25, 0.3) is 10.9 Å². The van der Waals surface area contributed by atoms with Gasteiger partial charge in [-0.25, -0.2) is 4.79 Å². The zero-order chi connectivity index (χ0) is 19.7. The lowest BCUT2D eigenvalue weighted by Gasteiger charge is -2.31. The van der Waals surface area contributed by atoms with Crippen molar-refractivity contribution in [1.82, 2.24) is 15.2 Å². The number of carbonyl (C=O) groups is 1. The zero-order valence-electron chi connectivity index (χ0n) is 17.0. The summed E-state index contributed by atoms with van der Waals surface area (Å²) in [6.07, 6.45) is 4.63. The molecule has 2 saturated heterocycles. The van der Waals surface area contributed by atoms with Gasteiger partial charge in [-0.2, -0.15) is 0 Å². The lowest BCUT2D eigenvalue weighted by Crippen LogP contribution is -2.45. The Labute approximate surface area is 183 Å². The number of H-pyrrole nitrogens is 1. The van der Waals surface area contributed by atoms with Crippen molar-refractivity contribution in [3.63, 3.8) is 0 Å². The molecule has 3 aromatic rings. The summed E-state index contributed by atoms with van der Waals surface area (Å²) in [6.45, 7) is 3.19. The van der Waals surface area contributed by atoms with E-state index in [0.717, 1.165) is 37.9 Å². The van der Waals surface area contributed by atoms with Gasteiger partial charge in [-0.15, -0.1) is 12.4 Å². The van der Waals surface area contributed by atoms with Crippen LogP contribution in [0.2, 0.25) is 0 Å². The molecule has 0 bridgehead atoms. The second kappa shape index (κ2) is 8.70. The standard InChI is InChI=1S/C24H27N3O2.ClH/c28-23-27(17-24(29-23)10-12-25-13-11-24)16-19(14-18-6-2-1-3-7-18)21-15-26-22-9-5-4-8-20(21)22;/h1-9,15,19,25-26H,10-14,16-17H2;1H. The highest BCUT2D eigenvalue weighted by Crippen LogP contribution is 2.35. The molecule has 1 aromatic heterocycles. The second-order valence-electron chi connectivity index (χ2n) is 8.36. The molecule has 1 amide bonds. The van der Waals surface area contributed by atoms with Gasteiger partial charge in [0.15, 0.2) is 0 Å². The lowest BCUT2D eigenvalue weighted by molar-refractivity contribution is 0.0316. The number of rotatable bonds is 5. The van der Waals surface area contributed by atoms with E-state index in [0.29, 0.717) is 13.1 Å². The van der Waals surface area contributed by atoms with E-state index in [1.54, 1.807) is 0 Å².